The van der Waals surface area contributed by atoms with Crippen LogP contribution in [0.4, 0.5) is 4.39 Å². The minimum atomic E-state index is -3.82. The Morgan fingerprint density at radius 2 is 2.19 bits per heavy atom. The summed E-state index contributed by atoms with van der Waals surface area (Å²) in [5, 5.41) is 0.0191. The first-order valence-electron chi connectivity index (χ1n) is 6.38. The molecule has 1 unspecified atom stereocenters. The molecule has 0 spiro atoms. The Bertz CT molecular complexity index is 620. The molecule has 0 saturated carbocycles. The minimum absolute atomic E-state index is 0.0191. The fourth-order valence-electron chi connectivity index (χ4n) is 2.09. The predicted molar refractivity (Wildman–Crippen MR) is 78.0 cm³/mol. The van der Waals surface area contributed by atoms with Crippen LogP contribution in [0, 0.1) is 5.82 Å². The van der Waals surface area contributed by atoms with Gasteiger partial charge in [0.25, 0.3) is 0 Å². The van der Waals surface area contributed by atoms with Gasteiger partial charge in [0, 0.05) is 18.3 Å². The van der Waals surface area contributed by atoms with Gasteiger partial charge in [-0.05, 0) is 18.6 Å². The molecular formula is C13H16FNO4S2. The van der Waals surface area contributed by atoms with E-state index in [-0.39, 0.29) is 28.4 Å². The summed E-state index contributed by atoms with van der Waals surface area (Å²) in [6.45, 7) is 0.605. The maximum absolute atomic E-state index is 13.7. The highest BCUT2D eigenvalue weighted by Gasteiger charge is 2.34. The second-order valence-corrected chi connectivity index (χ2v) is 7.79. The normalized spacial score (nSPS) is 19.6. The summed E-state index contributed by atoms with van der Waals surface area (Å²) >= 11 is 1.36. The van der Waals surface area contributed by atoms with Gasteiger partial charge in [-0.25, -0.2) is 12.8 Å². The molecule has 0 radical (unpaired) electrons. The van der Waals surface area contributed by atoms with E-state index in [1.165, 1.54) is 41.4 Å². The van der Waals surface area contributed by atoms with E-state index in [0.29, 0.717) is 13.0 Å². The van der Waals surface area contributed by atoms with Crippen molar-refractivity contribution >= 4 is 27.8 Å². The molecule has 1 heterocycles. The van der Waals surface area contributed by atoms with Gasteiger partial charge >= 0.3 is 5.97 Å². The molecule has 1 aliphatic heterocycles. The summed E-state index contributed by atoms with van der Waals surface area (Å²) in [5.74, 6) is -0.895. The number of nitrogens with zero attached hydrogens (tertiary/aromatic N) is 1. The zero-order valence-corrected chi connectivity index (χ0v) is 13.1. The highest BCUT2D eigenvalue weighted by atomic mass is 32.2. The molecule has 21 heavy (non-hydrogen) atoms. The Hall–Kier alpha value is -1.12. The Kier molecular flexibility index (Phi) is 5.23. The smallest absolute Gasteiger partial charge is 0.315 e. The average molecular weight is 333 g/mol. The highest BCUT2D eigenvalue weighted by Crippen LogP contribution is 2.28. The topological polar surface area (TPSA) is 63.7 Å². The van der Waals surface area contributed by atoms with E-state index >= 15 is 0 Å². The number of rotatable bonds is 5. The van der Waals surface area contributed by atoms with E-state index in [1.807, 2.05) is 0 Å². The van der Waals surface area contributed by atoms with Crippen LogP contribution in [0.15, 0.2) is 29.2 Å². The second-order valence-electron chi connectivity index (χ2n) is 4.59. The van der Waals surface area contributed by atoms with Crippen LogP contribution in [0.1, 0.15) is 6.42 Å². The number of esters is 1. The fourth-order valence-corrected chi connectivity index (χ4v) is 4.80. The number of benzene rings is 1. The van der Waals surface area contributed by atoms with Crippen molar-refractivity contribution < 1.29 is 22.3 Å². The van der Waals surface area contributed by atoms with Gasteiger partial charge in [-0.3, -0.25) is 4.79 Å². The van der Waals surface area contributed by atoms with Crippen molar-refractivity contribution in [1.29, 1.82) is 0 Å². The number of thioether (sulfide) groups is 1. The summed E-state index contributed by atoms with van der Waals surface area (Å²) < 4.78 is 44.2. The van der Waals surface area contributed by atoms with Crippen LogP contribution in [0.3, 0.4) is 0 Å². The van der Waals surface area contributed by atoms with Crippen molar-refractivity contribution in [3.05, 3.63) is 30.1 Å². The highest BCUT2D eigenvalue weighted by molar-refractivity contribution is 8.00. The number of halogens is 1. The molecule has 1 fully saturated rings. The molecule has 5 nitrogen and oxygen atoms in total. The van der Waals surface area contributed by atoms with Crippen LogP contribution in [-0.4, -0.2) is 49.9 Å². The lowest BCUT2D eigenvalue weighted by Gasteiger charge is -2.16. The van der Waals surface area contributed by atoms with Crippen molar-refractivity contribution in [2.75, 3.05) is 26.0 Å². The summed E-state index contributed by atoms with van der Waals surface area (Å²) in [5.41, 5.74) is 0. The van der Waals surface area contributed by atoms with Crippen LogP contribution in [-0.2, 0) is 19.6 Å². The lowest BCUT2D eigenvalue weighted by atomic mass is 10.4. The zero-order chi connectivity index (χ0) is 15.5. The van der Waals surface area contributed by atoms with E-state index < -0.39 is 15.8 Å². The van der Waals surface area contributed by atoms with E-state index in [1.54, 1.807) is 0 Å². The third-order valence-electron chi connectivity index (χ3n) is 3.23. The van der Waals surface area contributed by atoms with Crippen molar-refractivity contribution in [3.8, 4) is 0 Å². The summed E-state index contributed by atoms with van der Waals surface area (Å²) in [6.07, 6.45) is 0.634. The molecule has 0 N–H and O–H groups in total. The first kappa shape index (κ1) is 16.3. The number of carbonyl (C=O) groups is 1. The molecule has 0 aliphatic carbocycles. The van der Waals surface area contributed by atoms with Crippen molar-refractivity contribution in [2.45, 2.75) is 16.6 Å². The van der Waals surface area contributed by atoms with Crippen LogP contribution in [0.5, 0.6) is 0 Å². The van der Waals surface area contributed by atoms with E-state index in [4.69, 9.17) is 0 Å². The van der Waals surface area contributed by atoms with Gasteiger partial charge in [0.15, 0.2) is 0 Å². The molecule has 1 atom stereocenters. The quantitative estimate of drug-likeness (QED) is 0.764. The van der Waals surface area contributed by atoms with Crippen LogP contribution in [0.2, 0.25) is 0 Å². The molecule has 1 aliphatic rings. The first-order chi connectivity index (χ1) is 9.95. The predicted octanol–water partition coefficient (Wildman–Crippen LogP) is 1.49. The summed E-state index contributed by atoms with van der Waals surface area (Å²) in [4.78, 5) is 10.8. The number of methoxy groups -OCH3 is 1. The Labute approximate surface area is 127 Å². The monoisotopic (exact) mass is 333 g/mol. The Balaban J connectivity index is 2.04. The van der Waals surface area contributed by atoms with Gasteiger partial charge in [0.1, 0.15) is 10.7 Å². The molecule has 8 heteroatoms. The Morgan fingerprint density at radius 3 is 2.86 bits per heavy atom. The SMILES string of the molecule is COC(=O)CSC1CCN(S(=O)(=O)c2ccccc2F)C1. The van der Waals surface area contributed by atoms with Crippen LogP contribution < -0.4 is 0 Å². The standard InChI is InChI=1S/C13H16FNO4S2/c1-19-13(16)9-20-10-6-7-15(8-10)21(17,18)12-5-3-2-4-11(12)14/h2-5,10H,6-9H2,1H3. The second kappa shape index (κ2) is 6.76. The maximum Gasteiger partial charge on any atom is 0.315 e. The van der Waals surface area contributed by atoms with Gasteiger partial charge in [0.05, 0.1) is 12.9 Å². The largest absolute Gasteiger partial charge is 0.468 e. The molecular weight excluding hydrogens is 317 g/mol. The molecule has 1 saturated heterocycles. The molecule has 116 valence electrons. The lowest BCUT2D eigenvalue weighted by Crippen LogP contribution is -2.30. The first-order valence-corrected chi connectivity index (χ1v) is 8.87. The lowest BCUT2D eigenvalue weighted by molar-refractivity contribution is -0.137. The van der Waals surface area contributed by atoms with Gasteiger partial charge < -0.3 is 4.74 Å². The minimum Gasteiger partial charge on any atom is -0.468 e. The number of ether oxygens (including phenoxy) is 1. The zero-order valence-electron chi connectivity index (χ0n) is 11.5. The summed E-state index contributed by atoms with van der Waals surface area (Å²) in [7, 11) is -2.51. The maximum atomic E-state index is 13.7. The van der Waals surface area contributed by atoms with Crippen LogP contribution in [0.25, 0.3) is 0 Å². The fraction of sp³-hybridized carbons (Fsp3) is 0.462. The third kappa shape index (κ3) is 3.75. The molecule has 1 aromatic carbocycles. The average Bonchev–Trinajstić information content (AvgIpc) is 2.94. The number of hydrogen-bond donors (Lipinski definition) is 0. The molecule has 2 rings (SSSR count). The van der Waals surface area contributed by atoms with Crippen LogP contribution >= 0.6 is 11.8 Å². The van der Waals surface area contributed by atoms with Gasteiger partial charge in [-0.2, -0.15) is 4.31 Å². The van der Waals surface area contributed by atoms with Crippen molar-refractivity contribution in [1.82, 2.24) is 4.31 Å². The van der Waals surface area contributed by atoms with Crippen molar-refractivity contribution in [2.24, 2.45) is 0 Å². The van der Waals surface area contributed by atoms with Gasteiger partial charge in [-0.15, -0.1) is 11.8 Å². The molecule has 0 bridgehead atoms. The van der Waals surface area contributed by atoms with E-state index in [0.717, 1.165) is 6.07 Å². The van der Waals surface area contributed by atoms with E-state index in [9.17, 15) is 17.6 Å². The van der Waals surface area contributed by atoms with E-state index in [2.05, 4.69) is 4.74 Å². The molecule has 0 aromatic heterocycles. The molecule has 0 amide bonds. The van der Waals surface area contributed by atoms with Crippen molar-refractivity contribution in [3.63, 3.8) is 0 Å². The van der Waals surface area contributed by atoms with Gasteiger partial charge in [0.2, 0.25) is 10.0 Å². The molecule has 1 aromatic rings. The van der Waals surface area contributed by atoms with Gasteiger partial charge in [-0.1, -0.05) is 12.1 Å². The number of hydrogen-bond acceptors (Lipinski definition) is 5. The third-order valence-corrected chi connectivity index (χ3v) is 6.38. The number of sulfonamides is 1. The Morgan fingerprint density at radius 1 is 1.48 bits per heavy atom. The number of carbonyl (C=O) groups excluding carboxylic acids is 1. The summed E-state index contributed by atoms with van der Waals surface area (Å²) in [6, 6.07) is 5.34.